The van der Waals surface area contributed by atoms with Crippen LogP contribution in [0.1, 0.15) is 42.4 Å². The lowest BCUT2D eigenvalue weighted by molar-refractivity contribution is -0.142. The van der Waals surface area contributed by atoms with E-state index in [-0.39, 0.29) is 24.9 Å². The highest BCUT2D eigenvalue weighted by atomic mass is 16.6. The summed E-state index contributed by atoms with van der Waals surface area (Å²) in [5.41, 5.74) is 10.9. The zero-order valence-corrected chi connectivity index (χ0v) is 16.2. The Morgan fingerprint density at radius 3 is 2.46 bits per heavy atom. The lowest BCUT2D eigenvalue weighted by Crippen LogP contribution is -2.14. The lowest BCUT2D eigenvalue weighted by Gasteiger charge is -2.17. The van der Waals surface area contributed by atoms with Crippen LogP contribution in [0.25, 0.3) is 5.57 Å². The van der Waals surface area contributed by atoms with Crippen molar-refractivity contribution in [3.63, 3.8) is 0 Å². The highest BCUT2D eigenvalue weighted by Crippen LogP contribution is 2.49. The highest BCUT2D eigenvalue weighted by Gasteiger charge is 2.33. The van der Waals surface area contributed by atoms with Gasteiger partial charge in [0.1, 0.15) is 5.75 Å². The van der Waals surface area contributed by atoms with Gasteiger partial charge in [0.15, 0.2) is 6.61 Å². The van der Waals surface area contributed by atoms with Gasteiger partial charge < -0.3 is 15.2 Å². The summed E-state index contributed by atoms with van der Waals surface area (Å²) in [5.74, 6) is -0.0956. The van der Waals surface area contributed by atoms with Crippen molar-refractivity contribution in [2.75, 3.05) is 13.7 Å². The average molecular weight is 379 g/mol. The summed E-state index contributed by atoms with van der Waals surface area (Å²) in [5, 5.41) is 0. The second kappa shape index (κ2) is 8.74. The Bertz CT molecular complexity index is 902. The van der Waals surface area contributed by atoms with Crippen LogP contribution < -0.4 is 10.5 Å². The van der Waals surface area contributed by atoms with Gasteiger partial charge in [-0.25, -0.2) is 4.79 Å². The monoisotopic (exact) mass is 379 g/mol. The van der Waals surface area contributed by atoms with Crippen molar-refractivity contribution < 1.29 is 19.1 Å². The van der Waals surface area contributed by atoms with Crippen molar-refractivity contribution in [3.05, 3.63) is 70.8 Å². The molecule has 1 atom stereocenters. The Kier molecular flexibility index (Phi) is 6.14. The maximum atomic E-state index is 11.8. The van der Waals surface area contributed by atoms with Gasteiger partial charge in [-0.05, 0) is 35.6 Å². The number of ether oxygens (including phenoxy) is 2. The Balaban J connectivity index is 2.05. The van der Waals surface area contributed by atoms with Gasteiger partial charge in [0.2, 0.25) is 5.91 Å². The van der Waals surface area contributed by atoms with Crippen LogP contribution in [0.15, 0.2) is 54.1 Å². The number of amides is 1. The first-order valence-electron chi connectivity index (χ1n) is 9.42. The molecule has 0 saturated carbocycles. The molecule has 1 unspecified atom stereocenters. The van der Waals surface area contributed by atoms with Crippen molar-refractivity contribution in [3.8, 4) is 5.75 Å². The predicted molar refractivity (Wildman–Crippen MR) is 108 cm³/mol. The van der Waals surface area contributed by atoms with Gasteiger partial charge in [-0.2, -0.15) is 0 Å². The van der Waals surface area contributed by atoms with Gasteiger partial charge in [-0.3, -0.25) is 4.79 Å². The van der Waals surface area contributed by atoms with E-state index in [0.717, 1.165) is 29.5 Å². The molecule has 5 heteroatoms. The summed E-state index contributed by atoms with van der Waals surface area (Å²) < 4.78 is 10.4. The van der Waals surface area contributed by atoms with Crippen molar-refractivity contribution in [2.45, 2.75) is 32.1 Å². The van der Waals surface area contributed by atoms with Gasteiger partial charge >= 0.3 is 5.97 Å². The van der Waals surface area contributed by atoms with Gasteiger partial charge in [-0.1, -0.05) is 55.0 Å². The van der Waals surface area contributed by atoms with Crippen LogP contribution in [0.3, 0.4) is 0 Å². The standard InChI is InChI=1S/C23H25NO4/c1-3-16-18(12-15-8-5-4-6-9-15)17-10-7-11-20(28-14-22(26)27-2)23(17)19(16)13-21(24)25/h4-11,18H,3,12-14H2,1-2H3,(H2,24,25). The first kappa shape index (κ1) is 19.7. The number of hydrogen-bond acceptors (Lipinski definition) is 4. The topological polar surface area (TPSA) is 78.6 Å². The lowest BCUT2D eigenvalue weighted by atomic mass is 9.88. The molecule has 0 saturated heterocycles. The van der Waals surface area contributed by atoms with Crippen molar-refractivity contribution >= 4 is 17.4 Å². The quantitative estimate of drug-likeness (QED) is 0.711. The van der Waals surface area contributed by atoms with Crippen LogP contribution in [0, 0.1) is 0 Å². The van der Waals surface area contributed by atoms with Gasteiger partial charge in [0.05, 0.1) is 13.5 Å². The molecule has 0 radical (unpaired) electrons. The molecular weight excluding hydrogens is 354 g/mol. The number of rotatable bonds is 8. The smallest absolute Gasteiger partial charge is 0.343 e. The Morgan fingerprint density at radius 1 is 1.07 bits per heavy atom. The number of carbonyl (C=O) groups excluding carboxylic acids is 2. The summed E-state index contributed by atoms with van der Waals surface area (Å²) >= 11 is 0. The molecular formula is C23H25NO4. The molecule has 146 valence electrons. The molecule has 1 amide bonds. The Labute approximate surface area is 165 Å². The zero-order valence-electron chi connectivity index (χ0n) is 16.2. The minimum absolute atomic E-state index is 0.151. The number of esters is 1. The maximum Gasteiger partial charge on any atom is 0.343 e. The summed E-state index contributed by atoms with van der Waals surface area (Å²) in [6.45, 7) is 1.91. The third-order valence-corrected chi connectivity index (χ3v) is 5.13. The van der Waals surface area contributed by atoms with Crippen LogP contribution in [0.5, 0.6) is 5.75 Å². The molecule has 2 N–H and O–H groups in total. The molecule has 0 bridgehead atoms. The van der Waals surface area contributed by atoms with Crippen molar-refractivity contribution in [1.82, 2.24) is 0 Å². The average Bonchev–Trinajstić information content (AvgIpc) is 2.99. The molecule has 2 aromatic rings. The fourth-order valence-electron chi connectivity index (χ4n) is 3.95. The van der Waals surface area contributed by atoms with Gasteiger partial charge in [0, 0.05) is 11.5 Å². The van der Waals surface area contributed by atoms with Crippen molar-refractivity contribution in [1.29, 1.82) is 0 Å². The predicted octanol–water partition coefficient (Wildman–Crippen LogP) is 3.62. The minimum atomic E-state index is -0.451. The zero-order chi connectivity index (χ0) is 20.1. The molecule has 0 aliphatic heterocycles. The summed E-state index contributed by atoms with van der Waals surface area (Å²) in [6.07, 6.45) is 1.80. The van der Waals surface area contributed by atoms with E-state index in [1.165, 1.54) is 18.2 Å². The second-order valence-electron chi connectivity index (χ2n) is 6.83. The van der Waals surface area contributed by atoms with E-state index in [4.69, 9.17) is 10.5 Å². The van der Waals surface area contributed by atoms with E-state index in [2.05, 4.69) is 29.9 Å². The molecule has 0 spiro atoms. The fourth-order valence-corrected chi connectivity index (χ4v) is 3.95. The first-order chi connectivity index (χ1) is 13.5. The Hall–Kier alpha value is -3.08. The summed E-state index contributed by atoms with van der Waals surface area (Å²) in [7, 11) is 1.32. The number of allylic oxidation sites excluding steroid dienone is 1. The van der Waals surface area contributed by atoms with Crippen molar-refractivity contribution in [2.24, 2.45) is 5.73 Å². The van der Waals surface area contributed by atoms with E-state index < -0.39 is 5.97 Å². The third-order valence-electron chi connectivity index (χ3n) is 5.13. The van der Waals surface area contributed by atoms with Gasteiger partial charge in [0.25, 0.3) is 0 Å². The fraction of sp³-hybridized carbons (Fsp3) is 0.304. The molecule has 28 heavy (non-hydrogen) atoms. The first-order valence-corrected chi connectivity index (χ1v) is 9.42. The van der Waals surface area contributed by atoms with Crippen LogP contribution in [0.4, 0.5) is 0 Å². The molecule has 5 nitrogen and oxygen atoms in total. The SMILES string of the molecule is CCC1=C(CC(N)=O)c2c(OCC(=O)OC)cccc2C1Cc1ccccc1. The van der Waals surface area contributed by atoms with E-state index >= 15 is 0 Å². The Morgan fingerprint density at radius 2 is 1.82 bits per heavy atom. The number of benzene rings is 2. The number of fused-ring (bicyclic) bond motifs is 1. The molecule has 2 aromatic carbocycles. The maximum absolute atomic E-state index is 11.8. The molecule has 0 fully saturated rings. The van der Waals surface area contributed by atoms with E-state index in [1.54, 1.807) is 0 Å². The minimum Gasteiger partial charge on any atom is -0.481 e. The van der Waals surface area contributed by atoms with E-state index in [9.17, 15) is 9.59 Å². The summed E-state index contributed by atoms with van der Waals surface area (Å²) in [4.78, 5) is 23.3. The highest BCUT2D eigenvalue weighted by molar-refractivity contribution is 5.93. The second-order valence-corrected chi connectivity index (χ2v) is 6.83. The molecule has 3 rings (SSSR count). The molecule has 1 aliphatic carbocycles. The number of primary amides is 1. The third kappa shape index (κ3) is 4.09. The van der Waals surface area contributed by atoms with E-state index in [1.807, 2.05) is 30.3 Å². The molecule has 0 aromatic heterocycles. The molecule has 1 aliphatic rings. The van der Waals surface area contributed by atoms with Crippen LogP contribution in [-0.4, -0.2) is 25.6 Å². The van der Waals surface area contributed by atoms with Crippen LogP contribution in [0.2, 0.25) is 0 Å². The van der Waals surface area contributed by atoms with Crippen LogP contribution in [-0.2, 0) is 20.7 Å². The largest absolute Gasteiger partial charge is 0.481 e. The summed E-state index contributed by atoms with van der Waals surface area (Å²) in [6, 6.07) is 16.1. The van der Waals surface area contributed by atoms with Gasteiger partial charge in [-0.15, -0.1) is 0 Å². The number of methoxy groups -OCH3 is 1. The van der Waals surface area contributed by atoms with E-state index in [0.29, 0.717) is 5.75 Å². The van der Waals surface area contributed by atoms with Crippen LogP contribution >= 0.6 is 0 Å². The number of hydrogen-bond donors (Lipinski definition) is 1. The number of nitrogens with two attached hydrogens (primary N) is 1. The normalized spacial score (nSPS) is 15.3. The number of carbonyl (C=O) groups is 2. The molecule has 0 heterocycles.